The van der Waals surface area contributed by atoms with Crippen LogP contribution in [0.15, 0.2) is 23.6 Å². The fraction of sp³-hybridized carbons (Fsp3) is 0.476. The van der Waals surface area contributed by atoms with E-state index in [2.05, 4.69) is 15.2 Å². The molecule has 0 aliphatic carbocycles. The van der Waals surface area contributed by atoms with Crippen molar-refractivity contribution >= 4 is 23.2 Å². The van der Waals surface area contributed by atoms with Gasteiger partial charge in [0, 0.05) is 37.3 Å². The van der Waals surface area contributed by atoms with Gasteiger partial charge in [0.2, 0.25) is 18.6 Å². The largest absolute Gasteiger partial charge is 0.454 e. The maximum Gasteiger partial charge on any atom is 0.234 e. The molecule has 4 rings (SSSR count). The number of nitrogens with zero attached hydrogens (tertiary/aromatic N) is 3. The molecule has 2 aliphatic rings. The second-order valence-electron chi connectivity index (χ2n) is 7.62. The number of piperazine rings is 1. The second kappa shape index (κ2) is 9.01. The number of hydrogen-bond acceptors (Lipinski definition) is 7. The lowest BCUT2D eigenvalue weighted by Crippen LogP contribution is -2.51. The molecule has 2 aliphatic heterocycles. The van der Waals surface area contributed by atoms with Crippen LogP contribution in [0.5, 0.6) is 11.5 Å². The lowest BCUT2D eigenvalue weighted by Gasteiger charge is -2.34. The van der Waals surface area contributed by atoms with Crippen LogP contribution in [0.4, 0.5) is 0 Å². The number of rotatable bonds is 6. The third-order valence-electron chi connectivity index (χ3n) is 5.34. The van der Waals surface area contributed by atoms with E-state index in [1.165, 1.54) is 11.3 Å². The fourth-order valence-corrected chi connectivity index (χ4v) is 4.40. The highest BCUT2D eigenvalue weighted by Crippen LogP contribution is 2.34. The fourth-order valence-electron chi connectivity index (χ4n) is 3.64. The van der Waals surface area contributed by atoms with Crippen molar-refractivity contribution in [3.8, 4) is 11.5 Å². The van der Waals surface area contributed by atoms with E-state index in [9.17, 15) is 9.59 Å². The molecule has 30 heavy (non-hydrogen) atoms. The Kier molecular flexibility index (Phi) is 6.19. The molecule has 1 fully saturated rings. The topological polar surface area (TPSA) is 84.0 Å². The van der Waals surface area contributed by atoms with E-state index in [4.69, 9.17) is 9.47 Å². The van der Waals surface area contributed by atoms with Gasteiger partial charge in [-0.15, -0.1) is 11.3 Å². The quantitative estimate of drug-likeness (QED) is 0.752. The Hall–Kier alpha value is -2.65. The van der Waals surface area contributed by atoms with Crippen molar-refractivity contribution in [2.24, 2.45) is 0 Å². The first-order valence-corrected chi connectivity index (χ1v) is 11.0. The number of carbonyl (C=O) groups is 2. The molecule has 3 heterocycles. The SMILES string of the molecule is Cc1csc(CC(=O)N2CCN(CC(=O)N[C@@H](C)c3ccc4c(c3)OCO4)CC2)n1. The van der Waals surface area contributed by atoms with Gasteiger partial charge in [0.1, 0.15) is 5.01 Å². The molecule has 0 saturated carbocycles. The first kappa shape index (κ1) is 20.6. The van der Waals surface area contributed by atoms with Gasteiger partial charge >= 0.3 is 0 Å². The number of fused-ring (bicyclic) bond motifs is 1. The van der Waals surface area contributed by atoms with E-state index >= 15 is 0 Å². The third-order valence-corrected chi connectivity index (χ3v) is 6.30. The lowest BCUT2D eigenvalue weighted by molar-refractivity contribution is -0.132. The Labute approximate surface area is 179 Å². The summed E-state index contributed by atoms with van der Waals surface area (Å²) in [5.41, 5.74) is 1.93. The molecule has 9 heteroatoms. The maximum absolute atomic E-state index is 12.5. The van der Waals surface area contributed by atoms with Crippen LogP contribution in [0, 0.1) is 6.92 Å². The monoisotopic (exact) mass is 430 g/mol. The summed E-state index contributed by atoms with van der Waals surface area (Å²) in [6.07, 6.45) is 0.353. The van der Waals surface area contributed by atoms with Gasteiger partial charge in [0.05, 0.1) is 19.0 Å². The summed E-state index contributed by atoms with van der Waals surface area (Å²) in [7, 11) is 0. The molecule has 1 N–H and O–H groups in total. The van der Waals surface area contributed by atoms with E-state index in [1.54, 1.807) is 0 Å². The van der Waals surface area contributed by atoms with E-state index in [0.29, 0.717) is 44.9 Å². The number of thiazole rings is 1. The number of hydrogen-bond donors (Lipinski definition) is 1. The number of aromatic nitrogens is 1. The highest BCUT2D eigenvalue weighted by atomic mass is 32.1. The van der Waals surface area contributed by atoms with E-state index in [0.717, 1.165) is 22.0 Å². The summed E-state index contributed by atoms with van der Waals surface area (Å²) in [5, 5.41) is 5.86. The highest BCUT2D eigenvalue weighted by molar-refractivity contribution is 7.09. The van der Waals surface area contributed by atoms with Gasteiger partial charge in [-0.3, -0.25) is 14.5 Å². The molecule has 2 amide bonds. The van der Waals surface area contributed by atoms with Gasteiger partial charge in [0.25, 0.3) is 0 Å². The maximum atomic E-state index is 12.5. The molecule has 0 bridgehead atoms. The van der Waals surface area contributed by atoms with Crippen molar-refractivity contribution in [3.63, 3.8) is 0 Å². The zero-order valence-corrected chi connectivity index (χ0v) is 18.0. The zero-order chi connectivity index (χ0) is 21.1. The minimum atomic E-state index is -0.128. The predicted molar refractivity (Wildman–Crippen MR) is 113 cm³/mol. The summed E-state index contributed by atoms with van der Waals surface area (Å²) in [6, 6.07) is 5.58. The van der Waals surface area contributed by atoms with Crippen molar-refractivity contribution < 1.29 is 19.1 Å². The van der Waals surface area contributed by atoms with E-state index in [1.807, 2.05) is 42.3 Å². The van der Waals surface area contributed by atoms with Crippen molar-refractivity contribution in [1.29, 1.82) is 0 Å². The number of ether oxygens (including phenoxy) is 2. The Balaban J connectivity index is 1.21. The van der Waals surface area contributed by atoms with Crippen molar-refractivity contribution in [3.05, 3.63) is 39.8 Å². The van der Waals surface area contributed by atoms with Gasteiger partial charge in [-0.1, -0.05) is 6.07 Å². The van der Waals surface area contributed by atoms with Crippen LogP contribution in [-0.4, -0.2) is 66.1 Å². The Bertz CT molecular complexity index is 923. The molecule has 1 aromatic carbocycles. The van der Waals surface area contributed by atoms with Crippen LogP contribution >= 0.6 is 11.3 Å². The Morgan fingerprint density at radius 1 is 1.20 bits per heavy atom. The molecule has 1 aromatic heterocycles. The molecule has 160 valence electrons. The first-order chi connectivity index (χ1) is 14.5. The first-order valence-electron chi connectivity index (χ1n) is 10.1. The summed E-state index contributed by atoms with van der Waals surface area (Å²) in [6.45, 7) is 7.08. The van der Waals surface area contributed by atoms with Gasteiger partial charge in [0.15, 0.2) is 11.5 Å². The molecule has 0 spiro atoms. The Morgan fingerprint density at radius 2 is 1.97 bits per heavy atom. The normalized spacial score (nSPS) is 17.1. The average Bonchev–Trinajstić information content (AvgIpc) is 3.36. The summed E-state index contributed by atoms with van der Waals surface area (Å²) >= 11 is 1.52. The highest BCUT2D eigenvalue weighted by Gasteiger charge is 2.24. The van der Waals surface area contributed by atoms with Crippen LogP contribution in [0.2, 0.25) is 0 Å². The van der Waals surface area contributed by atoms with Crippen LogP contribution in [-0.2, 0) is 16.0 Å². The van der Waals surface area contributed by atoms with Gasteiger partial charge in [-0.2, -0.15) is 0 Å². The average molecular weight is 431 g/mol. The van der Waals surface area contributed by atoms with E-state index < -0.39 is 0 Å². The van der Waals surface area contributed by atoms with Gasteiger partial charge in [-0.05, 0) is 31.5 Å². The predicted octanol–water partition coefficient (Wildman–Crippen LogP) is 1.74. The molecular weight excluding hydrogens is 404 g/mol. The molecule has 8 nitrogen and oxygen atoms in total. The molecule has 0 unspecified atom stereocenters. The number of aryl methyl sites for hydroxylation is 1. The van der Waals surface area contributed by atoms with Crippen LogP contribution in [0.3, 0.4) is 0 Å². The lowest BCUT2D eigenvalue weighted by atomic mass is 10.1. The molecule has 1 saturated heterocycles. The Morgan fingerprint density at radius 3 is 2.70 bits per heavy atom. The van der Waals surface area contributed by atoms with Gasteiger partial charge < -0.3 is 19.7 Å². The van der Waals surface area contributed by atoms with Crippen LogP contribution in [0.25, 0.3) is 0 Å². The molecular formula is C21H26N4O4S. The number of benzene rings is 1. The van der Waals surface area contributed by atoms with E-state index in [-0.39, 0.29) is 24.6 Å². The summed E-state index contributed by atoms with van der Waals surface area (Å²) < 4.78 is 10.7. The number of nitrogens with one attached hydrogen (secondary N) is 1. The van der Waals surface area contributed by atoms with Crippen LogP contribution in [0.1, 0.15) is 29.2 Å². The second-order valence-corrected chi connectivity index (χ2v) is 8.56. The van der Waals surface area contributed by atoms with Gasteiger partial charge in [-0.25, -0.2) is 4.98 Å². The standard InChI is InChI=1S/C21H26N4O4S/c1-14-12-30-20(22-14)10-21(27)25-7-5-24(6-8-25)11-19(26)23-15(2)16-3-4-17-18(9-16)29-13-28-17/h3-4,9,12,15H,5-8,10-11,13H2,1-2H3,(H,23,26)/t15-/m0/s1. The minimum Gasteiger partial charge on any atom is -0.454 e. The zero-order valence-electron chi connectivity index (χ0n) is 17.2. The summed E-state index contributed by atoms with van der Waals surface area (Å²) in [4.78, 5) is 33.3. The van der Waals surface area contributed by atoms with Crippen molar-refractivity contribution in [2.75, 3.05) is 39.5 Å². The summed E-state index contributed by atoms with van der Waals surface area (Å²) in [5.74, 6) is 1.51. The number of amides is 2. The van der Waals surface area contributed by atoms with Crippen molar-refractivity contribution in [1.82, 2.24) is 20.1 Å². The molecule has 1 atom stereocenters. The van der Waals surface area contributed by atoms with Crippen molar-refractivity contribution in [2.45, 2.75) is 26.3 Å². The number of carbonyl (C=O) groups excluding carboxylic acids is 2. The third kappa shape index (κ3) is 4.91. The molecule has 0 radical (unpaired) electrons. The minimum absolute atomic E-state index is 0.0294. The van der Waals surface area contributed by atoms with Crippen LogP contribution < -0.4 is 14.8 Å². The molecule has 2 aromatic rings. The smallest absolute Gasteiger partial charge is 0.234 e.